The van der Waals surface area contributed by atoms with Gasteiger partial charge in [-0.15, -0.1) is 0 Å². The maximum absolute atomic E-state index is 11.5. The Balaban J connectivity index is 1.61. The fourth-order valence-corrected chi connectivity index (χ4v) is 3.08. The molecule has 0 aromatic heterocycles. The standard InChI is InChI=1S/C17H18N2O4S/c1-24(21,22)16-8-4-14(5-9-16)18-12-13-2-6-15(7-3-13)19-10-11-23-17(19)20/h2-9,18H,10-12H2,1H3. The summed E-state index contributed by atoms with van der Waals surface area (Å²) in [4.78, 5) is 13.4. The van der Waals surface area contributed by atoms with Crippen molar-refractivity contribution in [2.24, 2.45) is 0 Å². The average molecular weight is 346 g/mol. The molecule has 1 saturated heterocycles. The van der Waals surface area contributed by atoms with Gasteiger partial charge in [-0.05, 0) is 42.0 Å². The van der Waals surface area contributed by atoms with Crippen molar-refractivity contribution in [2.75, 3.05) is 29.6 Å². The number of ether oxygens (including phenoxy) is 1. The summed E-state index contributed by atoms with van der Waals surface area (Å²) in [5, 5.41) is 3.24. The molecule has 1 heterocycles. The third-order valence-electron chi connectivity index (χ3n) is 3.79. The first-order chi connectivity index (χ1) is 11.4. The van der Waals surface area contributed by atoms with Gasteiger partial charge in [-0.3, -0.25) is 4.90 Å². The highest BCUT2D eigenvalue weighted by Gasteiger charge is 2.23. The third-order valence-corrected chi connectivity index (χ3v) is 4.92. The zero-order chi connectivity index (χ0) is 17.2. The van der Waals surface area contributed by atoms with Crippen molar-refractivity contribution in [3.05, 3.63) is 54.1 Å². The van der Waals surface area contributed by atoms with Gasteiger partial charge in [0.1, 0.15) is 6.61 Å². The Morgan fingerprint density at radius 3 is 2.29 bits per heavy atom. The van der Waals surface area contributed by atoms with Crippen molar-refractivity contribution < 1.29 is 17.9 Å². The van der Waals surface area contributed by atoms with Crippen molar-refractivity contribution >= 4 is 27.3 Å². The predicted molar refractivity (Wildman–Crippen MR) is 92.0 cm³/mol. The summed E-state index contributed by atoms with van der Waals surface area (Å²) in [6, 6.07) is 14.3. The van der Waals surface area contributed by atoms with Crippen LogP contribution in [0, 0.1) is 0 Å². The van der Waals surface area contributed by atoms with Crippen molar-refractivity contribution in [3.63, 3.8) is 0 Å². The lowest BCUT2D eigenvalue weighted by atomic mass is 10.2. The molecule has 2 aromatic carbocycles. The predicted octanol–water partition coefficient (Wildman–Crippen LogP) is 2.66. The summed E-state index contributed by atoms with van der Waals surface area (Å²) in [7, 11) is -3.17. The summed E-state index contributed by atoms with van der Waals surface area (Å²) < 4.78 is 27.8. The minimum Gasteiger partial charge on any atom is -0.447 e. The number of nitrogens with zero attached hydrogens (tertiary/aromatic N) is 1. The molecule has 0 spiro atoms. The Labute approximate surface area is 141 Å². The van der Waals surface area contributed by atoms with E-state index in [-0.39, 0.29) is 6.09 Å². The number of hydrogen-bond acceptors (Lipinski definition) is 5. The van der Waals surface area contributed by atoms with Crippen molar-refractivity contribution in [1.29, 1.82) is 0 Å². The van der Waals surface area contributed by atoms with Gasteiger partial charge in [-0.1, -0.05) is 12.1 Å². The van der Waals surface area contributed by atoms with Crippen LogP contribution < -0.4 is 10.2 Å². The number of carbonyl (C=O) groups excluding carboxylic acids is 1. The quantitative estimate of drug-likeness (QED) is 0.901. The van der Waals surface area contributed by atoms with E-state index in [4.69, 9.17) is 4.74 Å². The lowest BCUT2D eigenvalue weighted by molar-refractivity contribution is 0.181. The fourth-order valence-electron chi connectivity index (χ4n) is 2.45. The molecule has 0 bridgehead atoms. The Kier molecular flexibility index (Phi) is 4.44. The molecule has 0 radical (unpaired) electrons. The van der Waals surface area contributed by atoms with Crippen LogP contribution in [0.3, 0.4) is 0 Å². The SMILES string of the molecule is CS(=O)(=O)c1ccc(NCc2ccc(N3CCOC3=O)cc2)cc1. The first-order valence-corrected chi connectivity index (χ1v) is 9.40. The molecule has 1 fully saturated rings. The second-order valence-corrected chi connectivity index (χ2v) is 7.60. The molecule has 24 heavy (non-hydrogen) atoms. The minimum atomic E-state index is -3.17. The van der Waals surface area contributed by atoms with Gasteiger partial charge in [0, 0.05) is 24.2 Å². The molecule has 2 aromatic rings. The zero-order valence-electron chi connectivity index (χ0n) is 13.2. The summed E-state index contributed by atoms with van der Waals surface area (Å²) >= 11 is 0. The normalized spacial score (nSPS) is 14.5. The molecule has 1 N–H and O–H groups in total. The Morgan fingerprint density at radius 1 is 1.08 bits per heavy atom. The molecule has 7 heteroatoms. The van der Waals surface area contributed by atoms with Crippen LogP contribution in [0.1, 0.15) is 5.56 Å². The maximum atomic E-state index is 11.5. The maximum Gasteiger partial charge on any atom is 0.414 e. The number of sulfone groups is 1. The molecular formula is C17H18N2O4S. The average Bonchev–Trinajstić information content (AvgIpc) is 2.99. The molecule has 126 valence electrons. The number of benzene rings is 2. The van der Waals surface area contributed by atoms with E-state index >= 15 is 0 Å². The van der Waals surface area contributed by atoms with E-state index in [0.717, 1.165) is 16.9 Å². The Bertz CT molecular complexity index is 830. The number of anilines is 2. The second-order valence-electron chi connectivity index (χ2n) is 5.58. The van der Waals surface area contributed by atoms with E-state index in [1.807, 2.05) is 24.3 Å². The van der Waals surface area contributed by atoms with Crippen LogP contribution in [-0.4, -0.2) is 33.9 Å². The zero-order valence-corrected chi connectivity index (χ0v) is 14.0. The number of amides is 1. The van der Waals surface area contributed by atoms with Crippen LogP contribution in [-0.2, 0) is 21.1 Å². The molecular weight excluding hydrogens is 328 g/mol. The second kappa shape index (κ2) is 6.52. The molecule has 1 amide bonds. The smallest absolute Gasteiger partial charge is 0.414 e. The van der Waals surface area contributed by atoms with E-state index in [2.05, 4.69) is 5.32 Å². The minimum absolute atomic E-state index is 0.301. The van der Waals surface area contributed by atoms with Crippen LogP contribution in [0.15, 0.2) is 53.4 Å². The third kappa shape index (κ3) is 3.68. The van der Waals surface area contributed by atoms with Gasteiger partial charge in [0.05, 0.1) is 11.4 Å². The van der Waals surface area contributed by atoms with Gasteiger partial charge in [0.2, 0.25) is 0 Å². The summed E-state index contributed by atoms with van der Waals surface area (Å²) in [5.74, 6) is 0. The van der Waals surface area contributed by atoms with E-state index in [9.17, 15) is 13.2 Å². The molecule has 0 unspecified atom stereocenters. The summed E-state index contributed by atoms with van der Waals surface area (Å²) in [5.41, 5.74) is 2.71. The lowest BCUT2D eigenvalue weighted by Crippen LogP contribution is -2.23. The molecule has 1 aliphatic heterocycles. The summed E-state index contributed by atoms with van der Waals surface area (Å²) in [6.45, 7) is 1.59. The highest BCUT2D eigenvalue weighted by Crippen LogP contribution is 2.20. The largest absolute Gasteiger partial charge is 0.447 e. The van der Waals surface area contributed by atoms with Crippen LogP contribution in [0.2, 0.25) is 0 Å². The van der Waals surface area contributed by atoms with Gasteiger partial charge in [0.25, 0.3) is 0 Å². The van der Waals surface area contributed by atoms with Crippen LogP contribution >= 0.6 is 0 Å². The molecule has 1 aliphatic rings. The number of hydrogen-bond donors (Lipinski definition) is 1. The number of nitrogens with one attached hydrogen (secondary N) is 1. The lowest BCUT2D eigenvalue weighted by Gasteiger charge is -2.13. The topological polar surface area (TPSA) is 75.7 Å². The van der Waals surface area contributed by atoms with E-state index < -0.39 is 9.84 Å². The highest BCUT2D eigenvalue weighted by molar-refractivity contribution is 7.90. The van der Waals surface area contributed by atoms with Gasteiger partial charge >= 0.3 is 6.09 Å². The molecule has 6 nitrogen and oxygen atoms in total. The molecule has 0 saturated carbocycles. The number of carbonyl (C=O) groups is 1. The summed E-state index contributed by atoms with van der Waals surface area (Å²) in [6.07, 6.45) is 0.875. The van der Waals surface area contributed by atoms with Crippen LogP contribution in [0.5, 0.6) is 0 Å². The number of cyclic esters (lactones) is 1. The first-order valence-electron chi connectivity index (χ1n) is 7.51. The van der Waals surface area contributed by atoms with Crippen molar-refractivity contribution in [1.82, 2.24) is 0 Å². The first kappa shape index (κ1) is 16.3. The van der Waals surface area contributed by atoms with Crippen LogP contribution in [0.25, 0.3) is 0 Å². The van der Waals surface area contributed by atoms with Gasteiger partial charge in [-0.25, -0.2) is 13.2 Å². The van der Waals surface area contributed by atoms with E-state index in [1.165, 1.54) is 6.26 Å². The van der Waals surface area contributed by atoms with Gasteiger partial charge < -0.3 is 10.1 Å². The van der Waals surface area contributed by atoms with Crippen molar-refractivity contribution in [2.45, 2.75) is 11.4 Å². The molecule has 0 aliphatic carbocycles. The Hall–Kier alpha value is -2.54. The molecule has 0 atom stereocenters. The fraction of sp³-hybridized carbons (Fsp3) is 0.235. The van der Waals surface area contributed by atoms with Crippen LogP contribution in [0.4, 0.5) is 16.2 Å². The highest BCUT2D eigenvalue weighted by atomic mass is 32.2. The van der Waals surface area contributed by atoms with Gasteiger partial charge in [-0.2, -0.15) is 0 Å². The van der Waals surface area contributed by atoms with Crippen molar-refractivity contribution in [3.8, 4) is 0 Å². The monoisotopic (exact) mass is 346 g/mol. The Morgan fingerprint density at radius 2 is 1.75 bits per heavy atom. The van der Waals surface area contributed by atoms with E-state index in [1.54, 1.807) is 29.2 Å². The molecule has 3 rings (SSSR count). The van der Waals surface area contributed by atoms with Gasteiger partial charge in [0.15, 0.2) is 9.84 Å². The number of rotatable bonds is 5. The van der Waals surface area contributed by atoms with E-state index in [0.29, 0.717) is 24.6 Å².